The Kier molecular flexibility index (Phi) is 6.12. The molecule has 7 rings (SSSR count). The molecule has 7 nitrogen and oxygen atoms in total. The Bertz CT molecular complexity index is 1240. The maximum Gasteiger partial charge on any atom is 0.317 e. The van der Waals surface area contributed by atoms with Crippen LogP contribution in [0.3, 0.4) is 0 Å². The molecule has 1 amide bonds. The first-order valence-corrected chi connectivity index (χ1v) is 14.1. The number of primary amides is 1. The van der Waals surface area contributed by atoms with Crippen molar-refractivity contribution in [3.05, 3.63) is 52.3 Å². The zero-order valence-electron chi connectivity index (χ0n) is 20.6. The van der Waals surface area contributed by atoms with Gasteiger partial charge in [-0.15, -0.1) is 11.3 Å². The second-order valence-corrected chi connectivity index (χ2v) is 11.9. The van der Waals surface area contributed by atoms with Gasteiger partial charge in [-0.1, -0.05) is 49.0 Å². The fourth-order valence-corrected chi connectivity index (χ4v) is 8.09. The standard InChI is InChI=1S/C28H33N3O4S/c29-26(32)25(24-20-8-3-4-9-21(20)35-30-24)31-15-11-19(12-16-31)22(18-31)34-27(33)28(23-10-7-17-36-23)13-5-1-2-6-14-28/h3-4,7-10,17,19,22,25H,1-2,5-6,11-16,18H2,(H-,29,32)/p+1/t19?,22-,25?,31?/m0/s1. The van der Waals surface area contributed by atoms with Gasteiger partial charge in [0.1, 0.15) is 12.0 Å². The molecule has 2 N–H and O–H groups in total. The van der Waals surface area contributed by atoms with Crippen LogP contribution in [0.25, 0.3) is 11.0 Å². The number of nitrogens with two attached hydrogens (primary N) is 1. The molecule has 1 aliphatic carbocycles. The minimum absolute atomic E-state index is 0.0775. The lowest BCUT2D eigenvalue weighted by molar-refractivity contribution is -0.965. The maximum absolute atomic E-state index is 14.0. The van der Waals surface area contributed by atoms with E-state index in [2.05, 4.69) is 16.6 Å². The third-order valence-corrected chi connectivity index (χ3v) is 10.1. The molecule has 1 saturated carbocycles. The van der Waals surface area contributed by atoms with Crippen LogP contribution in [-0.4, -0.2) is 47.3 Å². The third kappa shape index (κ3) is 3.86. The summed E-state index contributed by atoms with van der Waals surface area (Å²) in [5.41, 5.74) is 6.75. The van der Waals surface area contributed by atoms with Crippen LogP contribution in [0, 0.1) is 5.92 Å². The number of ether oxygens (including phenoxy) is 1. The van der Waals surface area contributed by atoms with Crippen LogP contribution in [0.1, 0.15) is 68.0 Å². The monoisotopic (exact) mass is 508 g/mol. The van der Waals surface area contributed by atoms with E-state index in [4.69, 9.17) is 15.0 Å². The Labute approximate surface area is 215 Å². The quantitative estimate of drug-likeness (QED) is 0.291. The summed E-state index contributed by atoms with van der Waals surface area (Å²) in [6.07, 6.45) is 7.70. The zero-order valence-corrected chi connectivity index (χ0v) is 21.4. The third-order valence-electron chi connectivity index (χ3n) is 9.04. The number of aromatic nitrogens is 1. The summed E-state index contributed by atoms with van der Waals surface area (Å²) in [5.74, 6) is -0.160. The Morgan fingerprint density at radius 2 is 1.83 bits per heavy atom. The van der Waals surface area contributed by atoms with Crippen LogP contribution in [0.4, 0.5) is 0 Å². The van der Waals surface area contributed by atoms with Gasteiger partial charge >= 0.3 is 5.97 Å². The van der Waals surface area contributed by atoms with Gasteiger partial charge in [-0.2, -0.15) is 0 Å². The van der Waals surface area contributed by atoms with Crippen LogP contribution in [0.5, 0.6) is 0 Å². The molecular weight excluding hydrogens is 474 g/mol. The van der Waals surface area contributed by atoms with E-state index in [-0.39, 0.29) is 12.1 Å². The number of hydrogen-bond acceptors (Lipinski definition) is 6. The molecule has 5 heterocycles. The Morgan fingerprint density at radius 1 is 1.08 bits per heavy atom. The lowest BCUT2D eigenvalue weighted by Gasteiger charge is -2.54. The van der Waals surface area contributed by atoms with Crippen molar-refractivity contribution in [2.24, 2.45) is 11.7 Å². The van der Waals surface area contributed by atoms with Crippen LogP contribution in [0.2, 0.25) is 0 Å². The number of benzene rings is 1. The molecule has 2 aromatic heterocycles. The normalized spacial score (nSPS) is 28.4. The minimum Gasteiger partial charge on any atom is -0.455 e. The summed E-state index contributed by atoms with van der Waals surface area (Å²) in [4.78, 5) is 28.1. The largest absolute Gasteiger partial charge is 0.455 e. The topological polar surface area (TPSA) is 95.4 Å². The molecule has 2 bridgehead atoms. The Balaban J connectivity index is 1.30. The highest BCUT2D eigenvalue weighted by Gasteiger charge is 2.56. The number of nitrogens with zero attached hydrogens (tertiary/aromatic N) is 2. The summed E-state index contributed by atoms with van der Waals surface area (Å²) in [7, 11) is 0. The van der Waals surface area contributed by atoms with E-state index >= 15 is 0 Å². The van der Waals surface area contributed by atoms with Crippen molar-refractivity contribution in [1.29, 1.82) is 0 Å². The van der Waals surface area contributed by atoms with Gasteiger partial charge in [-0.05, 0) is 36.4 Å². The zero-order chi connectivity index (χ0) is 24.8. The predicted octanol–water partition coefficient (Wildman–Crippen LogP) is 4.86. The number of para-hydroxylation sites is 1. The number of carbonyl (C=O) groups excluding carboxylic acids is 2. The van der Waals surface area contributed by atoms with Gasteiger partial charge in [0.15, 0.2) is 17.4 Å². The van der Waals surface area contributed by atoms with Crippen molar-refractivity contribution in [1.82, 2.24) is 5.16 Å². The van der Waals surface area contributed by atoms with E-state index in [9.17, 15) is 9.59 Å². The molecule has 36 heavy (non-hydrogen) atoms. The van der Waals surface area contributed by atoms with Crippen molar-refractivity contribution in [2.45, 2.75) is 68.9 Å². The van der Waals surface area contributed by atoms with Crippen molar-refractivity contribution in [2.75, 3.05) is 19.6 Å². The van der Waals surface area contributed by atoms with Crippen molar-refractivity contribution < 1.29 is 23.3 Å². The SMILES string of the molecule is NC(=O)C(c1noc2ccccc12)[N+]12CCC(CC1)[C@@H](OC(=O)C1(c3cccs3)CCCCCC1)C2. The van der Waals surface area contributed by atoms with Crippen LogP contribution < -0.4 is 5.73 Å². The molecule has 4 aliphatic rings. The summed E-state index contributed by atoms with van der Waals surface area (Å²) >= 11 is 1.67. The van der Waals surface area contributed by atoms with E-state index in [1.807, 2.05) is 30.3 Å². The summed E-state index contributed by atoms with van der Waals surface area (Å²) in [6.45, 7) is 2.23. The number of fused-ring (bicyclic) bond motifs is 4. The maximum atomic E-state index is 14.0. The molecular formula is C28H34N3O4S+. The van der Waals surface area contributed by atoms with E-state index < -0.39 is 17.4 Å². The first kappa shape index (κ1) is 23.7. The number of hydrogen-bond donors (Lipinski definition) is 1. The Hall–Kier alpha value is -2.71. The van der Waals surface area contributed by atoms with Gasteiger partial charge in [-0.25, -0.2) is 0 Å². The van der Waals surface area contributed by atoms with E-state index in [0.29, 0.717) is 28.2 Å². The lowest BCUT2D eigenvalue weighted by Crippen LogP contribution is -2.67. The molecule has 1 aromatic carbocycles. The van der Waals surface area contributed by atoms with Gasteiger partial charge in [0.25, 0.3) is 5.91 Å². The highest BCUT2D eigenvalue weighted by molar-refractivity contribution is 7.10. The van der Waals surface area contributed by atoms with Gasteiger partial charge in [0, 0.05) is 23.6 Å². The highest BCUT2D eigenvalue weighted by atomic mass is 32.1. The van der Waals surface area contributed by atoms with Crippen LogP contribution in [-0.2, 0) is 19.7 Å². The fraction of sp³-hybridized carbons (Fsp3) is 0.536. The average Bonchev–Trinajstić information content (AvgIpc) is 3.50. The van der Waals surface area contributed by atoms with Gasteiger partial charge in [0.05, 0.1) is 18.5 Å². The predicted molar refractivity (Wildman–Crippen MR) is 137 cm³/mol. The minimum atomic E-state index is -0.625. The first-order valence-electron chi connectivity index (χ1n) is 13.3. The molecule has 2 atom stereocenters. The van der Waals surface area contributed by atoms with E-state index in [1.165, 1.54) is 12.8 Å². The molecule has 0 radical (unpaired) electrons. The average molecular weight is 509 g/mol. The number of piperidine rings is 3. The van der Waals surface area contributed by atoms with Gasteiger partial charge in [0.2, 0.25) is 6.04 Å². The molecule has 1 unspecified atom stereocenters. The highest BCUT2D eigenvalue weighted by Crippen LogP contribution is 2.46. The van der Waals surface area contributed by atoms with Crippen molar-refractivity contribution in [3.8, 4) is 0 Å². The van der Waals surface area contributed by atoms with Gasteiger partial charge < -0.3 is 19.5 Å². The van der Waals surface area contributed by atoms with Crippen LogP contribution >= 0.6 is 11.3 Å². The van der Waals surface area contributed by atoms with Crippen molar-refractivity contribution >= 4 is 34.2 Å². The van der Waals surface area contributed by atoms with Gasteiger partial charge in [-0.3, -0.25) is 9.59 Å². The number of carbonyl (C=O) groups is 2. The number of amides is 1. The van der Waals surface area contributed by atoms with E-state index in [0.717, 1.165) is 61.9 Å². The van der Waals surface area contributed by atoms with Crippen molar-refractivity contribution in [3.63, 3.8) is 0 Å². The summed E-state index contributed by atoms with van der Waals surface area (Å²) in [5, 5.41) is 7.20. The second-order valence-electron chi connectivity index (χ2n) is 11.0. The number of thiophene rings is 1. The molecule has 3 aromatic rings. The smallest absolute Gasteiger partial charge is 0.317 e. The van der Waals surface area contributed by atoms with Crippen LogP contribution in [0.15, 0.2) is 46.3 Å². The Morgan fingerprint density at radius 3 is 2.53 bits per heavy atom. The number of quaternary nitrogens is 1. The second kappa shape index (κ2) is 9.30. The number of rotatable bonds is 6. The lowest BCUT2D eigenvalue weighted by atomic mass is 9.78. The molecule has 190 valence electrons. The molecule has 0 spiro atoms. The summed E-state index contributed by atoms with van der Waals surface area (Å²) in [6, 6.07) is 11.1. The number of esters is 1. The molecule has 3 saturated heterocycles. The molecule has 4 fully saturated rings. The van der Waals surface area contributed by atoms with E-state index in [1.54, 1.807) is 11.3 Å². The summed E-state index contributed by atoms with van der Waals surface area (Å²) < 4.78 is 12.5. The molecule has 3 aliphatic heterocycles. The fourth-order valence-electron chi connectivity index (χ4n) is 7.11. The first-order chi connectivity index (χ1) is 17.5. The molecule has 8 heteroatoms.